The molecule has 1 atom stereocenters. The Morgan fingerprint density at radius 2 is 1.86 bits per heavy atom. The number of hydrogen-bond acceptors (Lipinski definition) is 1. The molecule has 1 aliphatic rings. The van der Waals surface area contributed by atoms with Gasteiger partial charge in [-0.1, -0.05) is 40.2 Å². The average Bonchev–Trinajstić information content (AvgIpc) is 2.68. The summed E-state index contributed by atoms with van der Waals surface area (Å²) in [6, 6.07) is 14.6. The zero-order valence-electron chi connectivity index (χ0n) is 11.8. The third-order valence-corrected chi connectivity index (χ3v) is 5.70. The van der Waals surface area contributed by atoms with Gasteiger partial charge in [-0.2, -0.15) is 0 Å². The van der Waals surface area contributed by atoms with Crippen LogP contribution < -0.4 is 5.32 Å². The summed E-state index contributed by atoms with van der Waals surface area (Å²) in [5.74, 6) is 0.0648. The molecule has 1 amide bonds. The van der Waals surface area contributed by atoms with Crippen molar-refractivity contribution in [3.63, 3.8) is 0 Å². The molecule has 0 spiro atoms. The molecule has 108 valence electrons. The highest BCUT2D eigenvalue weighted by Crippen LogP contribution is 2.41. The number of benzene rings is 2. The normalized spacial score (nSPS) is 17.2. The van der Waals surface area contributed by atoms with Gasteiger partial charge in [-0.05, 0) is 71.3 Å². The van der Waals surface area contributed by atoms with Crippen molar-refractivity contribution in [2.24, 2.45) is 0 Å². The van der Waals surface area contributed by atoms with Crippen LogP contribution in [0.2, 0.25) is 0 Å². The Hall–Kier alpha value is -0.880. The molecule has 1 heterocycles. The molecule has 1 unspecified atom stereocenters. The number of halogens is 2. The highest BCUT2D eigenvalue weighted by Gasteiger charge is 2.38. The number of nitrogens with one attached hydrogen (secondary N) is 1. The number of anilines is 1. The first-order valence-electron chi connectivity index (χ1n) is 6.75. The van der Waals surface area contributed by atoms with Gasteiger partial charge in [0.15, 0.2) is 0 Å². The Morgan fingerprint density at radius 3 is 2.57 bits per heavy atom. The minimum absolute atomic E-state index is 0.0648. The van der Waals surface area contributed by atoms with E-state index in [-0.39, 0.29) is 10.7 Å². The zero-order valence-corrected chi connectivity index (χ0v) is 15.5. The summed E-state index contributed by atoms with van der Waals surface area (Å²) in [5.41, 5.74) is 3.91. The minimum Gasteiger partial charge on any atom is -0.325 e. The Kier molecular flexibility index (Phi) is 3.86. The molecule has 1 aliphatic heterocycles. The maximum atomic E-state index is 12.0. The average molecular weight is 456 g/mol. The summed E-state index contributed by atoms with van der Waals surface area (Å²) in [4.78, 5) is 12.2. The summed E-state index contributed by atoms with van der Waals surface area (Å²) in [7, 11) is 0. The molecule has 2 nitrogen and oxygen atoms in total. The molecule has 2 aromatic rings. The second-order valence-electron chi connectivity index (χ2n) is 5.80. The molecular weight excluding hydrogens is 441 g/mol. The Balaban J connectivity index is 2.02. The van der Waals surface area contributed by atoms with Gasteiger partial charge < -0.3 is 5.32 Å². The third kappa shape index (κ3) is 2.63. The van der Waals surface area contributed by atoms with Crippen LogP contribution in [0.15, 0.2) is 42.5 Å². The predicted molar refractivity (Wildman–Crippen MR) is 98.0 cm³/mol. The second kappa shape index (κ2) is 5.39. The molecule has 0 aromatic heterocycles. The van der Waals surface area contributed by atoms with Crippen molar-refractivity contribution in [1.29, 1.82) is 0 Å². The SMILES string of the molecule is CC1(C)C(=O)Nc2ccc(C(Br)c3cccc(I)c3)cc21. The lowest BCUT2D eigenvalue weighted by Gasteiger charge is -2.18. The topological polar surface area (TPSA) is 29.1 Å². The second-order valence-corrected chi connectivity index (χ2v) is 7.96. The van der Waals surface area contributed by atoms with Crippen LogP contribution in [0.4, 0.5) is 5.69 Å². The van der Waals surface area contributed by atoms with Crippen molar-refractivity contribution in [1.82, 2.24) is 0 Å². The van der Waals surface area contributed by atoms with Crippen molar-refractivity contribution < 1.29 is 4.79 Å². The van der Waals surface area contributed by atoms with E-state index in [1.165, 1.54) is 14.7 Å². The molecule has 1 N–H and O–H groups in total. The highest BCUT2D eigenvalue weighted by atomic mass is 127. The Morgan fingerprint density at radius 1 is 1.14 bits per heavy atom. The van der Waals surface area contributed by atoms with Crippen LogP contribution in [-0.2, 0) is 10.2 Å². The fourth-order valence-electron chi connectivity index (χ4n) is 2.60. The monoisotopic (exact) mass is 455 g/mol. The van der Waals surface area contributed by atoms with Gasteiger partial charge in [0.2, 0.25) is 5.91 Å². The van der Waals surface area contributed by atoms with Crippen LogP contribution in [0.25, 0.3) is 0 Å². The number of hydrogen-bond donors (Lipinski definition) is 1. The third-order valence-electron chi connectivity index (χ3n) is 3.97. The van der Waals surface area contributed by atoms with Crippen molar-refractivity contribution in [3.05, 3.63) is 62.7 Å². The lowest BCUT2D eigenvalue weighted by Crippen LogP contribution is -2.26. The molecule has 0 saturated carbocycles. The summed E-state index contributed by atoms with van der Waals surface area (Å²) >= 11 is 6.10. The van der Waals surface area contributed by atoms with Crippen molar-refractivity contribution in [2.45, 2.75) is 24.1 Å². The number of alkyl halides is 1. The molecule has 3 rings (SSSR count). The van der Waals surface area contributed by atoms with Gasteiger partial charge in [-0.3, -0.25) is 4.79 Å². The standard InChI is InChI=1S/C17H15BrINO/c1-17(2)13-9-11(6-7-14(13)20-16(17)21)15(18)10-4-3-5-12(19)8-10/h3-9,15H,1-2H3,(H,20,21). The molecule has 0 aliphatic carbocycles. The maximum Gasteiger partial charge on any atom is 0.234 e. The number of rotatable bonds is 2. The van der Waals surface area contributed by atoms with E-state index >= 15 is 0 Å². The summed E-state index contributed by atoms with van der Waals surface area (Å²) in [6.45, 7) is 3.93. The lowest BCUT2D eigenvalue weighted by atomic mass is 9.85. The summed E-state index contributed by atoms with van der Waals surface area (Å²) in [6.07, 6.45) is 0. The van der Waals surface area contributed by atoms with Gasteiger partial charge in [0, 0.05) is 9.26 Å². The minimum atomic E-state index is -0.469. The smallest absolute Gasteiger partial charge is 0.234 e. The molecule has 0 fully saturated rings. The van der Waals surface area contributed by atoms with Gasteiger partial charge in [-0.25, -0.2) is 0 Å². The highest BCUT2D eigenvalue weighted by molar-refractivity contribution is 14.1. The largest absolute Gasteiger partial charge is 0.325 e. The Bertz CT molecular complexity index is 726. The molecule has 0 radical (unpaired) electrons. The van der Waals surface area contributed by atoms with Crippen LogP contribution in [0.3, 0.4) is 0 Å². The molecule has 0 bridgehead atoms. The van der Waals surface area contributed by atoms with Crippen LogP contribution in [0, 0.1) is 3.57 Å². The summed E-state index contributed by atoms with van der Waals surface area (Å²) < 4.78 is 1.22. The zero-order chi connectivity index (χ0) is 15.2. The first-order chi connectivity index (χ1) is 9.89. The first-order valence-corrected chi connectivity index (χ1v) is 8.74. The molecule has 4 heteroatoms. The molecular formula is C17H15BrINO. The van der Waals surface area contributed by atoms with E-state index in [4.69, 9.17) is 0 Å². The van der Waals surface area contributed by atoms with Crippen molar-refractivity contribution in [2.75, 3.05) is 5.32 Å². The van der Waals surface area contributed by atoms with E-state index in [0.717, 1.165) is 11.3 Å². The van der Waals surface area contributed by atoms with E-state index in [2.05, 4.69) is 80.2 Å². The van der Waals surface area contributed by atoms with E-state index in [0.29, 0.717) is 0 Å². The van der Waals surface area contributed by atoms with Crippen LogP contribution in [0.1, 0.15) is 35.4 Å². The van der Waals surface area contributed by atoms with Crippen molar-refractivity contribution in [3.8, 4) is 0 Å². The summed E-state index contributed by atoms with van der Waals surface area (Å²) in [5, 5.41) is 2.95. The molecule has 2 aromatic carbocycles. The van der Waals surface area contributed by atoms with Crippen LogP contribution in [-0.4, -0.2) is 5.91 Å². The number of amides is 1. The number of carbonyl (C=O) groups is 1. The van der Waals surface area contributed by atoms with Gasteiger partial charge in [0.1, 0.15) is 0 Å². The predicted octanol–water partition coefficient (Wildman–Crippen LogP) is 5.01. The van der Waals surface area contributed by atoms with E-state index in [1.807, 2.05) is 19.9 Å². The number of fused-ring (bicyclic) bond motifs is 1. The molecule has 0 saturated heterocycles. The fourth-order valence-corrected chi connectivity index (χ4v) is 3.74. The quantitative estimate of drug-likeness (QED) is 0.500. The van der Waals surface area contributed by atoms with E-state index in [1.54, 1.807) is 0 Å². The lowest BCUT2D eigenvalue weighted by molar-refractivity contribution is -0.119. The van der Waals surface area contributed by atoms with Gasteiger partial charge >= 0.3 is 0 Å². The van der Waals surface area contributed by atoms with Crippen molar-refractivity contribution >= 4 is 50.1 Å². The van der Waals surface area contributed by atoms with Crippen LogP contribution in [0.5, 0.6) is 0 Å². The fraction of sp³-hybridized carbons (Fsp3) is 0.235. The maximum absolute atomic E-state index is 12.0. The van der Waals surface area contributed by atoms with Crippen LogP contribution >= 0.6 is 38.5 Å². The van der Waals surface area contributed by atoms with E-state index in [9.17, 15) is 4.79 Å². The molecule has 21 heavy (non-hydrogen) atoms. The first kappa shape index (κ1) is 15.0. The van der Waals surface area contributed by atoms with Gasteiger partial charge in [-0.15, -0.1) is 0 Å². The Labute approximate surface area is 146 Å². The van der Waals surface area contributed by atoms with E-state index < -0.39 is 5.41 Å². The van der Waals surface area contributed by atoms with Gasteiger partial charge in [0.05, 0.1) is 10.2 Å². The van der Waals surface area contributed by atoms with Gasteiger partial charge in [0.25, 0.3) is 0 Å². The number of carbonyl (C=O) groups excluding carboxylic acids is 1.